The normalized spacial score (nSPS) is 19.8. The Morgan fingerprint density at radius 1 is 1.33 bits per heavy atom. The summed E-state index contributed by atoms with van der Waals surface area (Å²) in [6, 6.07) is -0.0909. The van der Waals surface area contributed by atoms with Crippen LogP contribution in [0.15, 0.2) is 0 Å². The molecule has 0 unspecified atom stereocenters. The summed E-state index contributed by atoms with van der Waals surface area (Å²) in [4.78, 5) is 27.3. The van der Waals surface area contributed by atoms with Gasteiger partial charge in [-0.05, 0) is 33.2 Å². The average Bonchev–Trinajstić information content (AvgIpc) is 2.28. The Kier molecular flexibility index (Phi) is 4.73. The topological polar surface area (TPSA) is 60.9 Å². The zero-order valence-corrected chi connectivity index (χ0v) is 11.8. The summed E-state index contributed by atoms with van der Waals surface area (Å²) in [6.45, 7) is 9.67. The molecule has 0 spiro atoms. The summed E-state index contributed by atoms with van der Waals surface area (Å²) in [5, 5.41) is 9.60. The lowest BCUT2D eigenvalue weighted by molar-refractivity contribution is -0.164. The van der Waals surface area contributed by atoms with E-state index in [9.17, 15) is 14.7 Å². The lowest BCUT2D eigenvalue weighted by atomic mass is 9.84. The van der Waals surface area contributed by atoms with Crippen molar-refractivity contribution in [2.45, 2.75) is 52.1 Å². The summed E-state index contributed by atoms with van der Waals surface area (Å²) in [6.07, 6.45) is 1.02. The van der Waals surface area contributed by atoms with E-state index in [1.54, 1.807) is 4.90 Å². The number of amides is 1. The monoisotopic (exact) mass is 256 g/mol. The first-order chi connectivity index (χ1) is 8.35. The van der Waals surface area contributed by atoms with Gasteiger partial charge in [0.2, 0.25) is 5.91 Å². The highest BCUT2D eigenvalue weighted by atomic mass is 16.4. The summed E-state index contributed by atoms with van der Waals surface area (Å²) in [5.41, 5.74) is -1.02. The van der Waals surface area contributed by atoms with Crippen LogP contribution >= 0.6 is 0 Å². The van der Waals surface area contributed by atoms with Crippen molar-refractivity contribution < 1.29 is 14.7 Å². The molecular formula is C13H24N2O3. The molecule has 0 saturated carbocycles. The second kappa shape index (κ2) is 5.69. The molecule has 0 aliphatic carbocycles. The van der Waals surface area contributed by atoms with Crippen LogP contribution in [-0.2, 0) is 9.59 Å². The van der Waals surface area contributed by atoms with E-state index in [1.165, 1.54) is 6.92 Å². The second-order valence-corrected chi connectivity index (χ2v) is 5.25. The maximum Gasteiger partial charge on any atom is 0.329 e. The fourth-order valence-corrected chi connectivity index (χ4v) is 2.96. The molecule has 18 heavy (non-hydrogen) atoms. The first-order valence-corrected chi connectivity index (χ1v) is 6.60. The van der Waals surface area contributed by atoms with Crippen molar-refractivity contribution in [1.82, 2.24) is 9.80 Å². The number of carboxylic acid groups (broad SMARTS) is 1. The van der Waals surface area contributed by atoms with E-state index in [0.717, 1.165) is 19.6 Å². The molecular weight excluding hydrogens is 232 g/mol. The fourth-order valence-electron chi connectivity index (χ4n) is 2.96. The molecule has 0 aromatic heterocycles. The van der Waals surface area contributed by atoms with Crippen LogP contribution in [0.25, 0.3) is 0 Å². The highest BCUT2D eigenvalue weighted by Crippen LogP contribution is 2.31. The SMILES string of the molecule is CCN1CCC(C(=O)O)(N(C(C)=O)C(C)C)CC1. The molecule has 0 atom stereocenters. The molecule has 5 heteroatoms. The van der Waals surface area contributed by atoms with E-state index in [0.29, 0.717) is 12.8 Å². The average molecular weight is 256 g/mol. The number of carboxylic acids is 1. The van der Waals surface area contributed by atoms with Crippen LogP contribution in [0.1, 0.15) is 40.5 Å². The highest BCUT2D eigenvalue weighted by Gasteiger charge is 2.48. The maximum absolute atomic E-state index is 11.8. The van der Waals surface area contributed by atoms with Crippen molar-refractivity contribution in [3.63, 3.8) is 0 Å². The minimum atomic E-state index is -1.02. The smallest absolute Gasteiger partial charge is 0.329 e. The minimum absolute atomic E-state index is 0.0909. The van der Waals surface area contributed by atoms with Gasteiger partial charge in [0, 0.05) is 26.1 Å². The van der Waals surface area contributed by atoms with Gasteiger partial charge in [0.25, 0.3) is 0 Å². The molecule has 0 radical (unpaired) electrons. The van der Waals surface area contributed by atoms with E-state index in [2.05, 4.69) is 11.8 Å². The number of rotatable bonds is 4. The van der Waals surface area contributed by atoms with E-state index >= 15 is 0 Å². The first kappa shape index (κ1) is 15.0. The predicted molar refractivity (Wildman–Crippen MR) is 69.4 cm³/mol. The molecule has 104 valence electrons. The Morgan fingerprint density at radius 3 is 2.11 bits per heavy atom. The zero-order chi connectivity index (χ0) is 13.9. The predicted octanol–water partition coefficient (Wildman–Crippen LogP) is 1.18. The summed E-state index contributed by atoms with van der Waals surface area (Å²) >= 11 is 0. The zero-order valence-electron chi connectivity index (χ0n) is 11.8. The Labute approximate surface area is 109 Å². The van der Waals surface area contributed by atoms with Gasteiger partial charge in [0.05, 0.1) is 0 Å². The van der Waals surface area contributed by atoms with Gasteiger partial charge in [-0.3, -0.25) is 4.79 Å². The Morgan fingerprint density at radius 2 is 1.83 bits per heavy atom. The Balaban J connectivity index is 3.01. The third-order valence-electron chi connectivity index (χ3n) is 3.85. The standard InChI is InChI=1S/C13H24N2O3/c1-5-14-8-6-13(7-9-14,12(17)18)15(10(2)3)11(4)16/h10H,5-9H2,1-4H3,(H,17,18). The van der Waals surface area contributed by atoms with Crippen molar-refractivity contribution in [3.8, 4) is 0 Å². The van der Waals surface area contributed by atoms with Gasteiger partial charge in [-0.25, -0.2) is 4.79 Å². The van der Waals surface area contributed by atoms with Gasteiger partial charge in [0.1, 0.15) is 5.54 Å². The van der Waals surface area contributed by atoms with Crippen molar-refractivity contribution in [1.29, 1.82) is 0 Å². The van der Waals surface area contributed by atoms with Gasteiger partial charge in [-0.2, -0.15) is 0 Å². The molecule has 1 fully saturated rings. The maximum atomic E-state index is 11.8. The van der Waals surface area contributed by atoms with Crippen LogP contribution < -0.4 is 0 Å². The lowest BCUT2D eigenvalue weighted by Crippen LogP contribution is -2.63. The molecule has 0 aromatic rings. The molecule has 1 amide bonds. The molecule has 0 bridgehead atoms. The van der Waals surface area contributed by atoms with Crippen LogP contribution in [0, 0.1) is 0 Å². The van der Waals surface area contributed by atoms with E-state index < -0.39 is 11.5 Å². The molecule has 1 aliphatic heterocycles. The minimum Gasteiger partial charge on any atom is -0.479 e. The molecule has 5 nitrogen and oxygen atoms in total. The third kappa shape index (κ3) is 2.66. The molecule has 1 saturated heterocycles. The number of hydrogen-bond acceptors (Lipinski definition) is 3. The number of piperidine rings is 1. The number of carbonyl (C=O) groups is 2. The van der Waals surface area contributed by atoms with Crippen LogP contribution in [0.2, 0.25) is 0 Å². The second-order valence-electron chi connectivity index (χ2n) is 5.25. The number of carbonyl (C=O) groups excluding carboxylic acids is 1. The Hall–Kier alpha value is -1.10. The molecule has 1 N–H and O–H groups in total. The van der Waals surface area contributed by atoms with Crippen molar-refractivity contribution >= 4 is 11.9 Å². The number of likely N-dealkylation sites (tertiary alicyclic amines) is 1. The number of hydrogen-bond donors (Lipinski definition) is 1. The largest absolute Gasteiger partial charge is 0.479 e. The number of nitrogens with zero attached hydrogens (tertiary/aromatic N) is 2. The molecule has 1 aliphatic rings. The quantitative estimate of drug-likeness (QED) is 0.820. The molecule has 1 heterocycles. The summed E-state index contributed by atoms with van der Waals surface area (Å²) in [5.74, 6) is -1.03. The lowest BCUT2D eigenvalue weighted by Gasteiger charge is -2.47. The Bertz CT molecular complexity index is 320. The van der Waals surface area contributed by atoms with E-state index in [1.807, 2.05) is 13.8 Å². The van der Waals surface area contributed by atoms with Crippen molar-refractivity contribution in [3.05, 3.63) is 0 Å². The van der Waals surface area contributed by atoms with Gasteiger partial charge in [0.15, 0.2) is 0 Å². The van der Waals surface area contributed by atoms with Crippen LogP contribution in [0.3, 0.4) is 0 Å². The van der Waals surface area contributed by atoms with E-state index in [4.69, 9.17) is 0 Å². The van der Waals surface area contributed by atoms with Gasteiger partial charge < -0.3 is 14.9 Å². The summed E-state index contributed by atoms with van der Waals surface area (Å²) in [7, 11) is 0. The van der Waals surface area contributed by atoms with Crippen LogP contribution in [-0.4, -0.2) is 58.0 Å². The molecule has 0 aromatic carbocycles. The fraction of sp³-hybridized carbons (Fsp3) is 0.846. The highest BCUT2D eigenvalue weighted by molar-refractivity contribution is 5.86. The molecule has 1 rings (SSSR count). The van der Waals surface area contributed by atoms with E-state index in [-0.39, 0.29) is 11.9 Å². The first-order valence-electron chi connectivity index (χ1n) is 6.60. The van der Waals surface area contributed by atoms with Gasteiger partial charge >= 0.3 is 5.97 Å². The number of aliphatic carboxylic acids is 1. The van der Waals surface area contributed by atoms with Crippen LogP contribution in [0.5, 0.6) is 0 Å². The van der Waals surface area contributed by atoms with Crippen molar-refractivity contribution in [2.75, 3.05) is 19.6 Å². The summed E-state index contributed by atoms with van der Waals surface area (Å²) < 4.78 is 0. The van der Waals surface area contributed by atoms with Crippen molar-refractivity contribution in [2.24, 2.45) is 0 Å². The third-order valence-corrected chi connectivity index (χ3v) is 3.85. The van der Waals surface area contributed by atoms with Gasteiger partial charge in [-0.1, -0.05) is 6.92 Å². The van der Waals surface area contributed by atoms with Crippen LogP contribution in [0.4, 0.5) is 0 Å². The van der Waals surface area contributed by atoms with Gasteiger partial charge in [-0.15, -0.1) is 0 Å².